The number of ether oxygens (including phenoxy) is 1. The van der Waals surface area contributed by atoms with E-state index in [1.807, 2.05) is 13.0 Å². The molecule has 0 amide bonds. The summed E-state index contributed by atoms with van der Waals surface area (Å²) in [6, 6.07) is 8.55. The average molecular weight is 447 g/mol. The van der Waals surface area contributed by atoms with E-state index in [1.54, 1.807) is 12.1 Å². The van der Waals surface area contributed by atoms with E-state index < -0.39 is 23.3 Å². The van der Waals surface area contributed by atoms with Crippen LogP contribution in [0.25, 0.3) is 21.0 Å². The minimum absolute atomic E-state index is 0.00197. The molecule has 4 rings (SSSR count). The Morgan fingerprint density at radius 2 is 2.00 bits per heavy atom. The van der Waals surface area contributed by atoms with Crippen molar-refractivity contribution in [3.8, 4) is 5.88 Å². The molecule has 0 radical (unpaired) electrons. The number of hydrogen-bond acceptors (Lipinski definition) is 6. The summed E-state index contributed by atoms with van der Waals surface area (Å²) in [6.07, 6.45) is -3.89. The first kappa shape index (κ1) is 21.0. The van der Waals surface area contributed by atoms with Crippen molar-refractivity contribution in [2.75, 3.05) is 0 Å². The highest BCUT2D eigenvalue weighted by Crippen LogP contribution is 2.33. The number of aromatic nitrogens is 3. The molecule has 31 heavy (non-hydrogen) atoms. The van der Waals surface area contributed by atoms with E-state index in [0.717, 1.165) is 22.4 Å². The van der Waals surface area contributed by atoms with Crippen molar-refractivity contribution in [1.29, 1.82) is 0 Å². The van der Waals surface area contributed by atoms with Crippen molar-refractivity contribution in [2.45, 2.75) is 33.0 Å². The molecule has 2 heterocycles. The molecule has 0 aliphatic carbocycles. The molecule has 0 atom stereocenters. The topological polar surface area (TPSA) is 74.1 Å². The Kier molecular flexibility index (Phi) is 5.26. The SMILES string of the molecule is CCc1cccc2c(OC(C)=O)nn(Cc3nc4cc(C(F)(F)F)ccc4s3)c(=O)c12. The van der Waals surface area contributed by atoms with Crippen LogP contribution in [0.15, 0.2) is 41.2 Å². The summed E-state index contributed by atoms with van der Waals surface area (Å²) >= 11 is 1.17. The molecule has 6 nitrogen and oxygen atoms in total. The molecule has 0 bridgehead atoms. The fourth-order valence-corrected chi connectivity index (χ4v) is 4.26. The van der Waals surface area contributed by atoms with Gasteiger partial charge in [-0.05, 0) is 36.2 Å². The van der Waals surface area contributed by atoms with Crippen molar-refractivity contribution >= 4 is 38.3 Å². The third kappa shape index (κ3) is 4.02. The van der Waals surface area contributed by atoms with E-state index in [9.17, 15) is 22.8 Å². The first-order valence-corrected chi connectivity index (χ1v) is 10.2. The summed E-state index contributed by atoms with van der Waals surface area (Å²) in [5, 5.41) is 5.41. The van der Waals surface area contributed by atoms with E-state index in [0.29, 0.717) is 26.9 Å². The second-order valence-corrected chi connectivity index (χ2v) is 7.96. The lowest BCUT2D eigenvalue weighted by Gasteiger charge is -2.11. The number of rotatable bonds is 4. The number of carbonyl (C=O) groups excluding carboxylic acids is 1. The van der Waals surface area contributed by atoms with Crippen molar-refractivity contribution in [1.82, 2.24) is 14.8 Å². The lowest BCUT2D eigenvalue weighted by molar-refractivity contribution is -0.137. The Morgan fingerprint density at radius 3 is 2.68 bits per heavy atom. The lowest BCUT2D eigenvalue weighted by Crippen LogP contribution is -2.25. The van der Waals surface area contributed by atoms with Crippen molar-refractivity contribution < 1.29 is 22.7 Å². The number of aryl methyl sites for hydroxylation is 1. The van der Waals surface area contributed by atoms with E-state index in [-0.39, 0.29) is 17.9 Å². The molecular formula is C21H16F3N3O3S. The highest BCUT2D eigenvalue weighted by Gasteiger charge is 2.30. The third-order valence-corrected chi connectivity index (χ3v) is 5.73. The predicted octanol–water partition coefficient (Wildman–Crippen LogP) is 4.56. The van der Waals surface area contributed by atoms with Gasteiger partial charge in [-0.25, -0.2) is 9.67 Å². The van der Waals surface area contributed by atoms with Crippen LogP contribution in [0.1, 0.15) is 30.0 Å². The van der Waals surface area contributed by atoms with Gasteiger partial charge >= 0.3 is 12.1 Å². The standard InChI is InChI=1S/C21H16F3N3O3S/c1-3-12-5-4-6-14-18(12)20(29)27(26-19(14)30-11(2)28)10-17-25-15-9-13(21(22,23)24)7-8-16(15)31-17/h4-9H,3,10H2,1-2H3. The predicted molar refractivity (Wildman–Crippen MR) is 110 cm³/mol. The maximum Gasteiger partial charge on any atom is 0.416 e. The van der Waals surface area contributed by atoms with Gasteiger partial charge in [-0.3, -0.25) is 9.59 Å². The lowest BCUT2D eigenvalue weighted by atomic mass is 10.1. The highest BCUT2D eigenvalue weighted by molar-refractivity contribution is 7.18. The summed E-state index contributed by atoms with van der Waals surface area (Å²) in [7, 11) is 0. The van der Waals surface area contributed by atoms with Crippen molar-refractivity contribution in [3.05, 3.63) is 62.9 Å². The van der Waals surface area contributed by atoms with Gasteiger partial charge in [-0.1, -0.05) is 19.1 Å². The Labute approximate surface area is 177 Å². The zero-order chi connectivity index (χ0) is 22.3. The monoisotopic (exact) mass is 447 g/mol. The molecule has 2 aromatic heterocycles. The number of thiazole rings is 1. The first-order chi connectivity index (χ1) is 14.7. The largest absolute Gasteiger partial charge is 0.416 e. The second-order valence-electron chi connectivity index (χ2n) is 6.84. The summed E-state index contributed by atoms with van der Waals surface area (Å²) in [4.78, 5) is 28.9. The Morgan fingerprint density at radius 1 is 1.23 bits per heavy atom. The normalized spacial score (nSPS) is 11.9. The minimum atomic E-state index is -4.47. The van der Waals surface area contributed by atoms with Crippen LogP contribution in [0.3, 0.4) is 0 Å². The minimum Gasteiger partial charge on any atom is -0.405 e. The summed E-state index contributed by atoms with van der Waals surface area (Å²) in [6.45, 7) is 3.07. The molecule has 4 aromatic rings. The van der Waals surface area contributed by atoms with Gasteiger partial charge in [0.1, 0.15) is 5.01 Å². The van der Waals surface area contributed by atoms with Crippen LogP contribution < -0.4 is 10.3 Å². The number of hydrogen-bond donors (Lipinski definition) is 0. The van der Waals surface area contributed by atoms with Crippen LogP contribution in [-0.4, -0.2) is 20.7 Å². The van der Waals surface area contributed by atoms with Crippen molar-refractivity contribution in [2.24, 2.45) is 0 Å². The van der Waals surface area contributed by atoms with Gasteiger partial charge < -0.3 is 4.74 Å². The fraction of sp³-hybridized carbons (Fsp3) is 0.238. The van der Waals surface area contributed by atoms with Crippen molar-refractivity contribution in [3.63, 3.8) is 0 Å². The Bertz CT molecular complexity index is 1380. The third-order valence-electron chi connectivity index (χ3n) is 4.71. The zero-order valence-corrected chi connectivity index (χ0v) is 17.3. The van der Waals surface area contributed by atoms with Gasteiger partial charge in [-0.15, -0.1) is 16.4 Å². The summed E-state index contributed by atoms with van der Waals surface area (Å²) in [5.41, 5.74) is -0.217. The van der Waals surface area contributed by atoms with Crippen LogP contribution in [0.2, 0.25) is 0 Å². The number of benzene rings is 2. The highest BCUT2D eigenvalue weighted by atomic mass is 32.1. The number of alkyl halides is 3. The van der Waals surface area contributed by atoms with Crippen LogP contribution >= 0.6 is 11.3 Å². The molecule has 0 spiro atoms. The van der Waals surface area contributed by atoms with Gasteiger partial charge in [0.15, 0.2) is 0 Å². The van der Waals surface area contributed by atoms with Gasteiger partial charge in [-0.2, -0.15) is 13.2 Å². The molecule has 2 aromatic carbocycles. The van der Waals surface area contributed by atoms with E-state index >= 15 is 0 Å². The number of esters is 1. The molecule has 0 unspecified atom stereocenters. The number of halogens is 3. The zero-order valence-electron chi connectivity index (χ0n) is 16.5. The summed E-state index contributed by atoms with van der Waals surface area (Å²) in [5.74, 6) is -0.585. The van der Waals surface area contributed by atoms with E-state index in [4.69, 9.17) is 4.74 Å². The Balaban J connectivity index is 1.83. The maximum absolute atomic E-state index is 13.1. The van der Waals surface area contributed by atoms with E-state index in [1.165, 1.54) is 24.3 Å². The van der Waals surface area contributed by atoms with Crippen LogP contribution in [0, 0.1) is 0 Å². The Hall–Kier alpha value is -3.27. The van der Waals surface area contributed by atoms with Crippen LogP contribution in [0.4, 0.5) is 13.2 Å². The molecule has 10 heteroatoms. The molecular weight excluding hydrogens is 431 g/mol. The first-order valence-electron chi connectivity index (χ1n) is 9.35. The van der Waals surface area contributed by atoms with Gasteiger partial charge in [0.2, 0.25) is 5.88 Å². The molecule has 160 valence electrons. The van der Waals surface area contributed by atoms with Gasteiger partial charge in [0, 0.05) is 6.92 Å². The molecule has 0 aliphatic rings. The summed E-state index contributed by atoms with van der Waals surface area (Å²) < 4.78 is 45.8. The average Bonchev–Trinajstić information content (AvgIpc) is 3.11. The molecule has 0 saturated heterocycles. The van der Waals surface area contributed by atoms with Crippen LogP contribution in [0.5, 0.6) is 5.88 Å². The molecule has 0 fully saturated rings. The number of fused-ring (bicyclic) bond motifs is 2. The number of nitrogens with zero attached hydrogens (tertiary/aromatic N) is 3. The maximum atomic E-state index is 13.1. The molecule has 0 aliphatic heterocycles. The van der Waals surface area contributed by atoms with E-state index in [2.05, 4.69) is 10.1 Å². The quantitative estimate of drug-likeness (QED) is 0.429. The number of carbonyl (C=O) groups is 1. The fourth-order valence-electron chi connectivity index (χ4n) is 3.33. The molecule has 0 saturated carbocycles. The second kappa shape index (κ2) is 7.77. The van der Waals surface area contributed by atoms with Gasteiger partial charge in [0.25, 0.3) is 5.56 Å². The van der Waals surface area contributed by atoms with Gasteiger partial charge in [0.05, 0.1) is 33.1 Å². The van der Waals surface area contributed by atoms with Crippen LogP contribution in [-0.2, 0) is 23.9 Å². The smallest absolute Gasteiger partial charge is 0.405 e. The molecule has 0 N–H and O–H groups in total.